The molecule has 3 heteroatoms. The lowest BCUT2D eigenvalue weighted by Crippen LogP contribution is -2.24. The number of aliphatic hydroxyl groups excluding tert-OH is 1. The highest BCUT2D eigenvalue weighted by atomic mass is 16.3. The average Bonchev–Trinajstić information content (AvgIpc) is 2.28. The lowest BCUT2D eigenvalue weighted by molar-refractivity contribution is 0.153. The third kappa shape index (κ3) is 1.68. The Morgan fingerprint density at radius 1 is 1.50 bits per heavy atom. The molecule has 0 spiro atoms. The predicted octanol–water partition coefficient (Wildman–Crippen LogP) is 1.01. The summed E-state index contributed by atoms with van der Waals surface area (Å²) in [5, 5.41) is 9.65. The topological polar surface area (TPSA) is 62.0 Å². The molecule has 0 saturated carbocycles. The molecule has 0 aliphatic heterocycles. The van der Waals surface area contributed by atoms with Crippen molar-refractivity contribution < 1.29 is 5.11 Å². The van der Waals surface area contributed by atoms with Crippen LogP contribution in [0.15, 0.2) is 6.07 Å². The Labute approximate surface area is 72.6 Å². The molecule has 1 aromatic heterocycles. The number of nitrogens with one attached hydrogen (secondary N) is 1. The van der Waals surface area contributed by atoms with E-state index in [-0.39, 0.29) is 6.04 Å². The average molecular weight is 168 g/mol. The van der Waals surface area contributed by atoms with E-state index < -0.39 is 6.10 Å². The molecule has 2 atom stereocenters. The van der Waals surface area contributed by atoms with Gasteiger partial charge in [-0.15, -0.1) is 0 Å². The highest BCUT2D eigenvalue weighted by molar-refractivity contribution is 5.27. The van der Waals surface area contributed by atoms with E-state index in [1.165, 1.54) is 0 Å². The summed E-state index contributed by atoms with van der Waals surface area (Å²) in [6, 6.07) is 1.71. The minimum atomic E-state index is -0.560. The molecule has 12 heavy (non-hydrogen) atoms. The van der Waals surface area contributed by atoms with Gasteiger partial charge < -0.3 is 15.8 Å². The van der Waals surface area contributed by atoms with Crippen LogP contribution in [-0.4, -0.2) is 16.1 Å². The van der Waals surface area contributed by atoms with E-state index in [0.717, 1.165) is 17.0 Å². The van der Waals surface area contributed by atoms with Gasteiger partial charge in [-0.1, -0.05) is 0 Å². The van der Waals surface area contributed by atoms with Crippen LogP contribution in [0.2, 0.25) is 0 Å². The van der Waals surface area contributed by atoms with Gasteiger partial charge in [0, 0.05) is 23.0 Å². The predicted molar refractivity (Wildman–Crippen MR) is 48.9 cm³/mol. The van der Waals surface area contributed by atoms with E-state index >= 15 is 0 Å². The van der Waals surface area contributed by atoms with Gasteiger partial charge in [-0.05, 0) is 26.8 Å². The number of H-pyrrole nitrogens is 1. The maximum absolute atomic E-state index is 9.65. The lowest BCUT2D eigenvalue weighted by atomic mass is 10.1. The first-order valence-electron chi connectivity index (χ1n) is 4.12. The number of rotatable bonds is 2. The summed E-state index contributed by atoms with van der Waals surface area (Å²) in [5.74, 6) is 0. The van der Waals surface area contributed by atoms with Crippen molar-refractivity contribution in [1.29, 1.82) is 0 Å². The Kier molecular flexibility index (Phi) is 2.55. The maximum Gasteiger partial charge on any atom is 0.0955 e. The molecule has 3 nitrogen and oxygen atoms in total. The third-order valence-corrected chi connectivity index (χ3v) is 2.01. The number of aromatic amines is 1. The van der Waals surface area contributed by atoms with E-state index in [0.29, 0.717) is 0 Å². The van der Waals surface area contributed by atoms with Crippen molar-refractivity contribution in [3.63, 3.8) is 0 Å². The molecule has 1 unspecified atom stereocenters. The molecule has 68 valence electrons. The summed E-state index contributed by atoms with van der Waals surface area (Å²) in [4.78, 5) is 3.13. The fourth-order valence-electron chi connectivity index (χ4n) is 1.34. The molecule has 1 aromatic rings. The number of aryl methyl sites for hydroxylation is 2. The smallest absolute Gasteiger partial charge is 0.0955 e. The van der Waals surface area contributed by atoms with Crippen molar-refractivity contribution in [2.75, 3.05) is 0 Å². The lowest BCUT2D eigenvalue weighted by Gasteiger charge is -2.13. The normalized spacial score (nSPS) is 16.1. The first-order valence-corrected chi connectivity index (χ1v) is 4.12. The summed E-state index contributed by atoms with van der Waals surface area (Å²) < 4.78 is 0. The molecule has 0 saturated heterocycles. The Morgan fingerprint density at radius 2 is 2.08 bits per heavy atom. The zero-order chi connectivity index (χ0) is 9.30. The second-order valence-electron chi connectivity index (χ2n) is 3.34. The largest absolute Gasteiger partial charge is 0.387 e. The van der Waals surface area contributed by atoms with Gasteiger partial charge in [-0.2, -0.15) is 0 Å². The molecular formula is C9H16N2O. The van der Waals surface area contributed by atoms with E-state index in [9.17, 15) is 5.11 Å². The van der Waals surface area contributed by atoms with Crippen molar-refractivity contribution in [3.05, 3.63) is 23.0 Å². The number of nitrogens with two attached hydrogens (primary N) is 1. The molecule has 0 bridgehead atoms. The minimum absolute atomic E-state index is 0.223. The van der Waals surface area contributed by atoms with Gasteiger partial charge in [0.1, 0.15) is 0 Å². The quantitative estimate of drug-likeness (QED) is 0.617. The molecule has 0 radical (unpaired) electrons. The summed E-state index contributed by atoms with van der Waals surface area (Å²) in [6.45, 7) is 5.70. The number of aliphatic hydroxyl groups is 1. The van der Waals surface area contributed by atoms with E-state index in [4.69, 9.17) is 5.73 Å². The molecule has 1 heterocycles. The first-order chi connectivity index (χ1) is 5.52. The van der Waals surface area contributed by atoms with Gasteiger partial charge in [-0.25, -0.2) is 0 Å². The van der Waals surface area contributed by atoms with Crippen molar-refractivity contribution in [2.45, 2.75) is 32.9 Å². The zero-order valence-corrected chi connectivity index (χ0v) is 7.76. The Morgan fingerprint density at radius 3 is 2.42 bits per heavy atom. The Bertz CT molecular complexity index is 265. The molecular weight excluding hydrogens is 152 g/mol. The third-order valence-electron chi connectivity index (χ3n) is 2.01. The summed E-state index contributed by atoms with van der Waals surface area (Å²) >= 11 is 0. The van der Waals surface area contributed by atoms with Crippen LogP contribution in [-0.2, 0) is 0 Å². The number of hydrogen-bond donors (Lipinski definition) is 3. The van der Waals surface area contributed by atoms with Gasteiger partial charge in [0.15, 0.2) is 0 Å². The van der Waals surface area contributed by atoms with Crippen LogP contribution in [0.1, 0.15) is 30.0 Å². The number of hydrogen-bond acceptors (Lipinski definition) is 2. The minimum Gasteiger partial charge on any atom is -0.387 e. The van der Waals surface area contributed by atoms with Crippen molar-refractivity contribution >= 4 is 0 Å². The fourth-order valence-corrected chi connectivity index (χ4v) is 1.34. The van der Waals surface area contributed by atoms with Crippen molar-refractivity contribution in [1.82, 2.24) is 4.98 Å². The monoisotopic (exact) mass is 168 g/mol. The van der Waals surface area contributed by atoms with Crippen LogP contribution in [0.5, 0.6) is 0 Å². The van der Waals surface area contributed by atoms with E-state index in [2.05, 4.69) is 4.98 Å². The second kappa shape index (κ2) is 3.29. The van der Waals surface area contributed by atoms with E-state index in [1.807, 2.05) is 19.9 Å². The molecule has 1 rings (SSSR count). The van der Waals surface area contributed by atoms with Crippen LogP contribution < -0.4 is 5.73 Å². The van der Waals surface area contributed by atoms with Gasteiger partial charge in [0.2, 0.25) is 0 Å². The fraction of sp³-hybridized carbons (Fsp3) is 0.556. The van der Waals surface area contributed by atoms with Crippen molar-refractivity contribution in [3.8, 4) is 0 Å². The molecule has 0 aliphatic carbocycles. The highest BCUT2D eigenvalue weighted by Crippen LogP contribution is 2.20. The SMILES string of the molecule is Cc1cc(C(O)[C@H](C)N)c(C)[nH]1. The maximum atomic E-state index is 9.65. The zero-order valence-electron chi connectivity index (χ0n) is 7.76. The second-order valence-corrected chi connectivity index (χ2v) is 3.34. The Hall–Kier alpha value is -0.800. The summed E-state index contributed by atoms with van der Waals surface area (Å²) in [6.07, 6.45) is -0.560. The molecule has 0 aromatic carbocycles. The van der Waals surface area contributed by atoms with Crippen LogP contribution in [0, 0.1) is 13.8 Å². The molecule has 0 aliphatic rings. The summed E-state index contributed by atoms with van der Waals surface area (Å²) in [7, 11) is 0. The first kappa shape index (κ1) is 9.29. The van der Waals surface area contributed by atoms with Gasteiger partial charge in [-0.3, -0.25) is 0 Å². The van der Waals surface area contributed by atoms with Crippen LogP contribution in [0.3, 0.4) is 0 Å². The van der Waals surface area contributed by atoms with Crippen LogP contribution in [0.25, 0.3) is 0 Å². The molecule has 0 fully saturated rings. The van der Waals surface area contributed by atoms with Crippen LogP contribution in [0.4, 0.5) is 0 Å². The van der Waals surface area contributed by atoms with Gasteiger partial charge >= 0.3 is 0 Å². The van der Waals surface area contributed by atoms with Gasteiger partial charge in [0.05, 0.1) is 6.10 Å². The Balaban J connectivity index is 2.94. The standard InChI is InChI=1S/C9H16N2O/c1-5-4-8(7(3)11-5)9(12)6(2)10/h4,6,9,11-12H,10H2,1-3H3/t6-,9?/m0/s1. The van der Waals surface area contributed by atoms with Crippen molar-refractivity contribution in [2.24, 2.45) is 5.73 Å². The number of aromatic nitrogens is 1. The molecule has 4 N–H and O–H groups in total. The van der Waals surface area contributed by atoms with Crippen LogP contribution >= 0.6 is 0 Å². The van der Waals surface area contributed by atoms with E-state index in [1.54, 1.807) is 6.92 Å². The molecule has 0 amide bonds. The highest BCUT2D eigenvalue weighted by Gasteiger charge is 2.15. The summed E-state index contributed by atoms with van der Waals surface area (Å²) in [5.41, 5.74) is 8.54. The van der Waals surface area contributed by atoms with Gasteiger partial charge in [0.25, 0.3) is 0 Å².